The van der Waals surface area contributed by atoms with E-state index in [0.717, 1.165) is 11.3 Å². The van der Waals surface area contributed by atoms with Crippen molar-refractivity contribution in [1.29, 1.82) is 0 Å². The molecule has 0 spiro atoms. The summed E-state index contributed by atoms with van der Waals surface area (Å²) >= 11 is 6.89. The molecule has 0 aliphatic rings. The summed E-state index contributed by atoms with van der Waals surface area (Å²) in [5.41, 5.74) is 0.526. The Bertz CT molecular complexity index is 851. The Morgan fingerprint density at radius 2 is 2.19 bits per heavy atom. The van der Waals surface area contributed by atoms with Crippen LogP contribution < -0.4 is 4.72 Å². The second kappa shape index (κ2) is 5.85. The Kier molecular flexibility index (Phi) is 4.32. The van der Waals surface area contributed by atoms with E-state index < -0.39 is 15.9 Å². The van der Waals surface area contributed by atoms with Gasteiger partial charge in [0.1, 0.15) is 0 Å². The Morgan fingerprint density at radius 1 is 1.48 bits per heavy atom. The quantitative estimate of drug-likeness (QED) is 0.869. The first-order chi connectivity index (χ1) is 9.83. The molecule has 108 valence electrons. The number of sulfonamides is 1. The maximum absolute atomic E-state index is 12.0. The molecule has 1 aromatic carbocycles. The molecule has 2 aromatic rings. The zero-order chi connectivity index (χ0) is 15.6. The molecular weight excluding hydrogens is 332 g/mol. The second-order valence-corrected chi connectivity index (χ2v) is 7.52. The van der Waals surface area contributed by atoms with Crippen LogP contribution in [0.4, 0.5) is 0 Å². The van der Waals surface area contributed by atoms with E-state index in [2.05, 4.69) is 10.9 Å². The Labute approximate surface area is 131 Å². The Hall–Kier alpha value is -1.88. The highest BCUT2D eigenvalue weighted by Gasteiger charge is 2.22. The summed E-state index contributed by atoms with van der Waals surface area (Å²) in [4.78, 5) is 15.9. The van der Waals surface area contributed by atoms with Gasteiger partial charge >= 0.3 is 0 Å². The van der Waals surface area contributed by atoms with Crippen LogP contribution in [0, 0.1) is 19.3 Å². The zero-order valence-electron chi connectivity index (χ0n) is 10.8. The van der Waals surface area contributed by atoms with E-state index in [0.29, 0.717) is 10.6 Å². The van der Waals surface area contributed by atoms with E-state index in [1.54, 1.807) is 6.92 Å². The van der Waals surface area contributed by atoms with Crippen molar-refractivity contribution in [2.45, 2.75) is 11.1 Å². The first-order valence-corrected chi connectivity index (χ1v) is 8.27. The van der Waals surface area contributed by atoms with Crippen LogP contribution in [-0.4, -0.2) is 19.3 Å². The predicted molar refractivity (Wildman–Crippen MR) is 80.9 cm³/mol. The number of hydrogen-bond acceptors (Lipinski definition) is 5. The zero-order valence-corrected chi connectivity index (χ0v) is 13.1. The third-order valence-electron chi connectivity index (χ3n) is 2.47. The minimum absolute atomic E-state index is 0.0282. The predicted octanol–water partition coefficient (Wildman–Crippen LogP) is 2.20. The highest BCUT2D eigenvalue weighted by Crippen LogP contribution is 2.20. The van der Waals surface area contributed by atoms with Gasteiger partial charge < -0.3 is 0 Å². The normalized spacial score (nSPS) is 10.9. The number of benzene rings is 1. The van der Waals surface area contributed by atoms with Gasteiger partial charge in [-0.1, -0.05) is 17.5 Å². The van der Waals surface area contributed by atoms with E-state index in [1.807, 2.05) is 4.72 Å². The fourth-order valence-corrected chi connectivity index (χ4v) is 3.82. The number of terminal acetylenes is 1. The summed E-state index contributed by atoms with van der Waals surface area (Å²) in [5, 5.41) is 0.665. The highest BCUT2D eigenvalue weighted by atomic mass is 35.5. The average Bonchev–Trinajstić information content (AvgIpc) is 2.85. The molecule has 1 amide bonds. The van der Waals surface area contributed by atoms with Crippen LogP contribution in [0.3, 0.4) is 0 Å². The standard InChI is InChI=1S/C13H9ClN2O3S2/c1-3-9-4-5-10(11(14)6-9)13(17)16-21(18,19)12-7-15-8(2)20-12/h1,4-7H,2H3,(H,16,17). The molecule has 0 bridgehead atoms. The molecule has 21 heavy (non-hydrogen) atoms. The van der Waals surface area contributed by atoms with Crippen LogP contribution in [0.1, 0.15) is 20.9 Å². The van der Waals surface area contributed by atoms with Crippen molar-refractivity contribution in [3.8, 4) is 12.3 Å². The van der Waals surface area contributed by atoms with Crippen LogP contribution in [0.2, 0.25) is 5.02 Å². The molecule has 8 heteroatoms. The number of aromatic nitrogens is 1. The van der Waals surface area contributed by atoms with E-state index in [1.165, 1.54) is 24.4 Å². The van der Waals surface area contributed by atoms with Crippen LogP contribution in [0.15, 0.2) is 28.6 Å². The number of aryl methyl sites for hydroxylation is 1. The van der Waals surface area contributed by atoms with Gasteiger partial charge in [0.15, 0.2) is 4.21 Å². The lowest BCUT2D eigenvalue weighted by Gasteiger charge is -2.06. The molecule has 0 atom stereocenters. The summed E-state index contributed by atoms with van der Waals surface area (Å²) < 4.78 is 26.0. The topological polar surface area (TPSA) is 76.1 Å². The molecule has 0 saturated carbocycles. The van der Waals surface area contributed by atoms with Crippen molar-refractivity contribution in [3.63, 3.8) is 0 Å². The molecule has 2 rings (SSSR count). The number of nitrogens with zero attached hydrogens (tertiary/aromatic N) is 1. The molecule has 5 nitrogen and oxygen atoms in total. The SMILES string of the molecule is C#Cc1ccc(C(=O)NS(=O)(=O)c2cnc(C)s2)c(Cl)c1. The van der Waals surface area contributed by atoms with Crippen LogP contribution >= 0.6 is 22.9 Å². The number of thiazole rings is 1. The monoisotopic (exact) mass is 340 g/mol. The molecule has 1 heterocycles. The van der Waals surface area contributed by atoms with Crippen LogP contribution in [0.25, 0.3) is 0 Å². The molecule has 0 unspecified atom stereocenters. The maximum atomic E-state index is 12.0. The molecule has 1 N–H and O–H groups in total. The maximum Gasteiger partial charge on any atom is 0.275 e. The van der Waals surface area contributed by atoms with Crippen molar-refractivity contribution in [3.05, 3.63) is 45.6 Å². The lowest BCUT2D eigenvalue weighted by atomic mass is 10.1. The minimum Gasteiger partial charge on any atom is -0.268 e. The van der Waals surface area contributed by atoms with Crippen molar-refractivity contribution >= 4 is 38.9 Å². The van der Waals surface area contributed by atoms with E-state index in [4.69, 9.17) is 18.0 Å². The van der Waals surface area contributed by atoms with Crippen molar-refractivity contribution < 1.29 is 13.2 Å². The summed E-state index contributed by atoms with van der Waals surface area (Å²) in [6, 6.07) is 4.30. The van der Waals surface area contributed by atoms with Gasteiger partial charge in [0.2, 0.25) is 0 Å². The van der Waals surface area contributed by atoms with E-state index in [9.17, 15) is 13.2 Å². The highest BCUT2D eigenvalue weighted by molar-refractivity contribution is 7.92. The van der Waals surface area contributed by atoms with Crippen molar-refractivity contribution in [1.82, 2.24) is 9.71 Å². The van der Waals surface area contributed by atoms with Gasteiger partial charge in [0, 0.05) is 5.56 Å². The Balaban J connectivity index is 2.28. The smallest absolute Gasteiger partial charge is 0.268 e. The van der Waals surface area contributed by atoms with Gasteiger partial charge in [0.05, 0.1) is 21.8 Å². The second-order valence-electron chi connectivity index (χ2n) is 3.97. The third-order valence-corrected chi connectivity index (χ3v) is 5.49. The number of halogens is 1. The van der Waals surface area contributed by atoms with Crippen molar-refractivity contribution in [2.75, 3.05) is 0 Å². The van der Waals surface area contributed by atoms with E-state index >= 15 is 0 Å². The van der Waals surface area contributed by atoms with Gasteiger partial charge in [-0.2, -0.15) is 0 Å². The number of rotatable bonds is 3. The lowest BCUT2D eigenvalue weighted by Crippen LogP contribution is -2.30. The molecular formula is C13H9ClN2O3S2. The van der Waals surface area contributed by atoms with Gasteiger partial charge in [-0.15, -0.1) is 17.8 Å². The molecule has 0 saturated heterocycles. The average molecular weight is 341 g/mol. The van der Waals surface area contributed by atoms with Gasteiger partial charge in [-0.25, -0.2) is 18.1 Å². The minimum atomic E-state index is -3.96. The summed E-state index contributed by atoms with van der Waals surface area (Å²) in [6.45, 7) is 1.67. The number of carbonyl (C=O) groups is 1. The van der Waals surface area contributed by atoms with Crippen LogP contribution in [-0.2, 0) is 10.0 Å². The molecule has 0 aliphatic heterocycles. The number of nitrogens with one attached hydrogen (secondary N) is 1. The molecule has 0 aliphatic carbocycles. The van der Waals surface area contributed by atoms with Gasteiger partial charge in [-0.3, -0.25) is 4.79 Å². The fraction of sp³-hybridized carbons (Fsp3) is 0.0769. The van der Waals surface area contributed by atoms with E-state index in [-0.39, 0.29) is 14.8 Å². The summed E-state index contributed by atoms with van der Waals surface area (Å²) in [6.07, 6.45) is 6.41. The third kappa shape index (κ3) is 3.42. The lowest BCUT2D eigenvalue weighted by molar-refractivity contribution is 0.0981. The fourth-order valence-electron chi connectivity index (χ4n) is 1.48. The Morgan fingerprint density at radius 3 is 2.71 bits per heavy atom. The number of carbonyl (C=O) groups excluding carboxylic acids is 1. The number of hydrogen-bond donors (Lipinski definition) is 1. The molecule has 0 radical (unpaired) electrons. The first kappa shape index (κ1) is 15.5. The van der Waals surface area contributed by atoms with Crippen LogP contribution in [0.5, 0.6) is 0 Å². The summed E-state index contributed by atoms with van der Waals surface area (Å²) in [7, 11) is -3.96. The number of amides is 1. The molecule has 0 fully saturated rings. The summed E-state index contributed by atoms with van der Waals surface area (Å²) in [5.74, 6) is 1.55. The first-order valence-electron chi connectivity index (χ1n) is 5.59. The van der Waals surface area contributed by atoms with Gasteiger partial charge in [0.25, 0.3) is 15.9 Å². The van der Waals surface area contributed by atoms with Crippen molar-refractivity contribution in [2.24, 2.45) is 0 Å². The van der Waals surface area contributed by atoms with Gasteiger partial charge in [-0.05, 0) is 25.1 Å². The molecule has 1 aromatic heterocycles. The largest absolute Gasteiger partial charge is 0.275 e.